The maximum Gasteiger partial charge on any atom is 0.125 e. The molecule has 0 aliphatic heterocycles. The van der Waals surface area contributed by atoms with Gasteiger partial charge >= 0.3 is 0 Å². The highest BCUT2D eigenvalue weighted by atomic mass is 14.8. The van der Waals surface area contributed by atoms with E-state index >= 15 is 0 Å². The molecule has 1 aromatic carbocycles. The first-order valence-electron chi connectivity index (χ1n) is 4.40. The zero-order chi connectivity index (χ0) is 9.68. The molecule has 0 amide bonds. The lowest BCUT2D eigenvalue weighted by Gasteiger charge is -2.00. The summed E-state index contributed by atoms with van der Waals surface area (Å²) >= 11 is 0. The number of hydrogen-bond donors (Lipinski definition) is 2. The van der Waals surface area contributed by atoms with Crippen LogP contribution >= 0.6 is 0 Å². The highest BCUT2D eigenvalue weighted by Gasteiger charge is 1.95. The maximum atomic E-state index is 5.74. The van der Waals surface area contributed by atoms with Gasteiger partial charge in [0.25, 0.3) is 0 Å². The number of aliphatic imine (C=N–C) groups is 1. The van der Waals surface area contributed by atoms with Crippen LogP contribution in [0, 0.1) is 0 Å². The summed E-state index contributed by atoms with van der Waals surface area (Å²) in [6, 6.07) is 7.40. The van der Waals surface area contributed by atoms with Gasteiger partial charge in [-0.3, -0.25) is 4.99 Å². The monoisotopic (exact) mass is 177 g/mol. The van der Waals surface area contributed by atoms with Crippen LogP contribution in [0.4, 0.5) is 5.69 Å². The zero-order valence-corrected chi connectivity index (χ0v) is 7.83. The molecule has 0 aliphatic carbocycles. The summed E-state index contributed by atoms with van der Waals surface area (Å²) in [5.41, 5.74) is 13.0. The molecule has 70 valence electrons. The van der Waals surface area contributed by atoms with Gasteiger partial charge in [-0.2, -0.15) is 0 Å². The van der Waals surface area contributed by atoms with Crippen LogP contribution < -0.4 is 11.5 Å². The van der Waals surface area contributed by atoms with Gasteiger partial charge in [0, 0.05) is 17.8 Å². The van der Waals surface area contributed by atoms with Crippen LogP contribution in [0.5, 0.6) is 0 Å². The van der Waals surface area contributed by atoms with Gasteiger partial charge in [0.15, 0.2) is 0 Å². The zero-order valence-electron chi connectivity index (χ0n) is 7.83. The minimum Gasteiger partial charge on any atom is -0.399 e. The summed E-state index contributed by atoms with van der Waals surface area (Å²) in [6.45, 7) is 2.84. The second-order valence-corrected chi connectivity index (χ2v) is 2.89. The molecule has 0 aromatic heterocycles. The highest BCUT2D eigenvalue weighted by Crippen LogP contribution is 2.04. The lowest BCUT2D eigenvalue weighted by atomic mass is 10.2. The number of amidine groups is 1. The lowest BCUT2D eigenvalue weighted by molar-refractivity contribution is 0.930. The molecule has 0 spiro atoms. The Kier molecular flexibility index (Phi) is 3.31. The van der Waals surface area contributed by atoms with Crippen molar-refractivity contribution in [2.24, 2.45) is 10.7 Å². The standard InChI is InChI=1S/C10H15N3/c1-2-7-13-10(12)8-3-5-9(11)6-4-8/h3-6H,2,7,11H2,1H3,(H2,12,13). The molecule has 0 radical (unpaired) electrons. The normalized spacial score (nSPS) is 11.6. The number of anilines is 1. The summed E-state index contributed by atoms with van der Waals surface area (Å²) in [4.78, 5) is 4.20. The Morgan fingerprint density at radius 3 is 2.46 bits per heavy atom. The minimum atomic E-state index is 0.585. The molecule has 0 fully saturated rings. The predicted octanol–water partition coefficient (Wildman–Crippen LogP) is 1.38. The van der Waals surface area contributed by atoms with Crippen molar-refractivity contribution in [3.05, 3.63) is 29.8 Å². The van der Waals surface area contributed by atoms with E-state index in [1.165, 1.54) is 0 Å². The Morgan fingerprint density at radius 1 is 1.31 bits per heavy atom. The Balaban J connectivity index is 2.77. The summed E-state index contributed by atoms with van der Waals surface area (Å²) < 4.78 is 0. The molecule has 4 N–H and O–H groups in total. The van der Waals surface area contributed by atoms with Crippen LogP contribution in [0.1, 0.15) is 18.9 Å². The molecule has 0 bridgehead atoms. The van der Waals surface area contributed by atoms with E-state index in [2.05, 4.69) is 11.9 Å². The van der Waals surface area contributed by atoms with Gasteiger partial charge in [0.2, 0.25) is 0 Å². The van der Waals surface area contributed by atoms with Crippen molar-refractivity contribution >= 4 is 11.5 Å². The van der Waals surface area contributed by atoms with Crippen LogP contribution in [0.25, 0.3) is 0 Å². The lowest BCUT2D eigenvalue weighted by Crippen LogP contribution is -2.13. The quantitative estimate of drug-likeness (QED) is 0.416. The van der Waals surface area contributed by atoms with Gasteiger partial charge in [-0.15, -0.1) is 0 Å². The second kappa shape index (κ2) is 4.50. The fourth-order valence-corrected chi connectivity index (χ4v) is 0.977. The predicted molar refractivity (Wildman–Crippen MR) is 56.7 cm³/mol. The smallest absolute Gasteiger partial charge is 0.125 e. The Labute approximate surface area is 78.5 Å². The van der Waals surface area contributed by atoms with Crippen molar-refractivity contribution in [3.63, 3.8) is 0 Å². The van der Waals surface area contributed by atoms with Gasteiger partial charge in [-0.1, -0.05) is 6.92 Å². The Hall–Kier alpha value is -1.51. The fourth-order valence-electron chi connectivity index (χ4n) is 0.977. The first-order chi connectivity index (χ1) is 6.24. The van der Waals surface area contributed by atoms with Crippen molar-refractivity contribution in [2.45, 2.75) is 13.3 Å². The molecule has 3 nitrogen and oxygen atoms in total. The van der Waals surface area contributed by atoms with Crippen LogP contribution in [-0.2, 0) is 0 Å². The van der Waals surface area contributed by atoms with Crippen molar-refractivity contribution < 1.29 is 0 Å². The minimum absolute atomic E-state index is 0.585. The van der Waals surface area contributed by atoms with E-state index in [0.29, 0.717) is 5.84 Å². The van der Waals surface area contributed by atoms with E-state index in [-0.39, 0.29) is 0 Å². The van der Waals surface area contributed by atoms with Gasteiger partial charge in [0.1, 0.15) is 5.84 Å². The molecule has 0 unspecified atom stereocenters. The SMILES string of the molecule is CCCN=C(N)c1ccc(N)cc1. The molecule has 0 atom stereocenters. The van der Waals surface area contributed by atoms with Gasteiger partial charge < -0.3 is 11.5 Å². The number of benzene rings is 1. The average molecular weight is 177 g/mol. The van der Waals surface area contributed by atoms with E-state index in [1.54, 1.807) is 0 Å². The summed E-state index contributed by atoms with van der Waals surface area (Å²) in [6.07, 6.45) is 1.01. The molecular weight excluding hydrogens is 162 g/mol. The third-order valence-corrected chi connectivity index (χ3v) is 1.71. The van der Waals surface area contributed by atoms with E-state index < -0.39 is 0 Å². The van der Waals surface area contributed by atoms with E-state index in [0.717, 1.165) is 24.2 Å². The van der Waals surface area contributed by atoms with Crippen LogP contribution in [0.2, 0.25) is 0 Å². The molecule has 13 heavy (non-hydrogen) atoms. The van der Waals surface area contributed by atoms with E-state index in [9.17, 15) is 0 Å². The Bertz CT molecular complexity index is 288. The summed E-state index contributed by atoms with van der Waals surface area (Å²) in [5.74, 6) is 0.585. The maximum absolute atomic E-state index is 5.74. The molecule has 0 saturated carbocycles. The van der Waals surface area contributed by atoms with Crippen molar-refractivity contribution in [1.82, 2.24) is 0 Å². The fraction of sp³-hybridized carbons (Fsp3) is 0.300. The largest absolute Gasteiger partial charge is 0.399 e. The number of nitrogens with zero attached hydrogens (tertiary/aromatic N) is 1. The Morgan fingerprint density at radius 2 is 1.92 bits per heavy atom. The third-order valence-electron chi connectivity index (χ3n) is 1.71. The number of hydrogen-bond acceptors (Lipinski definition) is 2. The van der Waals surface area contributed by atoms with Gasteiger partial charge in [0.05, 0.1) is 0 Å². The first kappa shape index (κ1) is 9.58. The van der Waals surface area contributed by atoms with Crippen molar-refractivity contribution in [1.29, 1.82) is 0 Å². The van der Waals surface area contributed by atoms with Crippen LogP contribution in [0.3, 0.4) is 0 Å². The molecule has 1 rings (SSSR count). The summed E-state index contributed by atoms with van der Waals surface area (Å²) in [7, 11) is 0. The molecule has 3 heteroatoms. The van der Waals surface area contributed by atoms with Crippen LogP contribution in [-0.4, -0.2) is 12.4 Å². The van der Waals surface area contributed by atoms with E-state index in [4.69, 9.17) is 11.5 Å². The molecule has 0 heterocycles. The van der Waals surface area contributed by atoms with Crippen molar-refractivity contribution in [2.75, 3.05) is 12.3 Å². The summed E-state index contributed by atoms with van der Waals surface area (Å²) in [5, 5.41) is 0. The first-order valence-corrected chi connectivity index (χ1v) is 4.40. The molecule has 1 aromatic rings. The molecule has 0 saturated heterocycles. The number of nitrogen functional groups attached to an aromatic ring is 1. The molecule has 0 aliphatic rings. The number of nitrogens with two attached hydrogens (primary N) is 2. The highest BCUT2D eigenvalue weighted by molar-refractivity contribution is 5.97. The average Bonchev–Trinajstić information content (AvgIpc) is 2.15. The van der Waals surface area contributed by atoms with Crippen molar-refractivity contribution in [3.8, 4) is 0 Å². The molecular formula is C10H15N3. The van der Waals surface area contributed by atoms with Gasteiger partial charge in [-0.25, -0.2) is 0 Å². The van der Waals surface area contributed by atoms with Crippen LogP contribution in [0.15, 0.2) is 29.3 Å². The second-order valence-electron chi connectivity index (χ2n) is 2.89. The van der Waals surface area contributed by atoms with E-state index in [1.807, 2.05) is 24.3 Å². The third kappa shape index (κ3) is 2.78. The van der Waals surface area contributed by atoms with Gasteiger partial charge in [-0.05, 0) is 30.7 Å². The topological polar surface area (TPSA) is 64.4 Å². The number of rotatable bonds is 3.